The normalized spacial score (nSPS) is 37.8. The van der Waals surface area contributed by atoms with E-state index < -0.39 is 0 Å². The van der Waals surface area contributed by atoms with E-state index in [-0.39, 0.29) is 17.5 Å². The van der Waals surface area contributed by atoms with Crippen molar-refractivity contribution in [1.29, 1.82) is 0 Å². The lowest BCUT2D eigenvalue weighted by Gasteiger charge is -2.49. The maximum Gasteiger partial charge on any atom is 0.125 e. The lowest BCUT2D eigenvalue weighted by Crippen LogP contribution is -2.50. The highest BCUT2D eigenvalue weighted by molar-refractivity contribution is 5.39. The predicted molar refractivity (Wildman–Crippen MR) is 73.5 cm³/mol. The first kappa shape index (κ1) is 12.9. The highest BCUT2D eigenvalue weighted by Gasteiger charge is 2.46. The van der Waals surface area contributed by atoms with Crippen LogP contribution in [-0.2, 0) is 0 Å². The van der Waals surface area contributed by atoms with Crippen molar-refractivity contribution >= 4 is 0 Å². The number of benzene rings is 1. The molecule has 1 aliphatic heterocycles. The van der Waals surface area contributed by atoms with E-state index in [4.69, 9.17) is 10.5 Å². The summed E-state index contributed by atoms with van der Waals surface area (Å²) < 4.78 is 19.6. The summed E-state index contributed by atoms with van der Waals surface area (Å²) in [7, 11) is 0. The molecule has 1 heterocycles. The third kappa shape index (κ3) is 2.14. The molecule has 3 unspecified atom stereocenters. The van der Waals surface area contributed by atoms with Gasteiger partial charge in [-0.15, -0.1) is 0 Å². The van der Waals surface area contributed by atoms with E-state index in [0.717, 1.165) is 30.1 Å². The third-order valence-corrected chi connectivity index (χ3v) is 4.96. The minimum Gasteiger partial charge on any atom is -0.487 e. The molecule has 0 aromatic heterocycles. The lowest BCUT2D eigenvalue weighted by atomic mass is 9.68. The highest BCUT2D eigenvalue weighted by Crippen LogP contribution is 2.49. The van der Waals surface area contributed by atoms with Crippen LogP contribution in [0.25, 0.3) is 0 Å². The highest BCUT2D eigenvalue weighted by atomic mass is 19.1. The van der Waals surface area contributed by atoms with Crippen LogP contribution in [0.2, 0.25) is 0 Å². The van der Waals surface area contributed by atoms with E-state index in [1.165, 1.54) is 25.0 Å². The van der Waals surface area contributed by atoms with Crippen molar-refractivity contribution in [2.75, 3.05) is 0 Å². The van der Waals surface area contributed by atoms with Crippen LogP contribution in [0, 0.1) is 17.7 Å². The number of hydrogen-bond acceptors (Lipinski definition) is 2. The molecule has 1 spiro atoms. The molecular formula is C16H22FNO. The fraction of sp³-hybridized carbons (Fsp3) is 0.625. The zero-order valence-corrected chi connectivity index (χ0v) is 11.7. The molecule has 1 fully saturated rings. The van der Waals surface area contributed by atoms with E-state index in [2.05, 4.69) is 13.8 Å². The molecule has 1 aromatic rings. The predicted octanol–water partition coefficient (Wildman–Crippen LogP) is 3.80. The molecule has 0 saturated heterocycles. The monoisotopic (exact) mass is 263 g/mol. The molecule has 19 heavy (non-hydrogen) atoms. The molecular weight excluding hydrogens is 241 g/mol. The molecule has 1 saturated carbocycles. The van der Waals surface area contributed by atoms with E-state index in [1.807, 2.05) is 0 Å². The lowest BCUT2D eigenvalue weighted by molar-refractivity contribution is -0.0520. The van der Waals surface area contributed by atoms with Crippen LogP contribution in [0.1, 0.15) is 51.1 Å². The van der Waals surface area contributed by atoms with Crippen LogP contribution >= 0.6 is 0 Å². The van der Waals surface area contributed by atoms with E-state index >= 15 is 0 Å². The van der Waals surface area contributed by atoms with Gasteiger partial charge < -0.3 is 10.5 Å². The second kappa shape index (κ2) is 4.48. The number of ether oxygens (including phenoxy) is 1. The van der Waals surface area contributed by atoms with Gasteiger partial charge in [0, 0.05) is 18.0 Å². The second-order valence-electron chi connectivity index (χ2n) is 6.44. The molecule has 104 valence electrons. The summed E-state index contributed by atoms with van der Waals surface area (Å²) in [6.45, 7) is 4.56. The minimum absolute atomic E-state index is 0.115. The first-order valence-corrected chi connectivity index (χ1v) is 7.24. The van der Waals surface area contributed by atoms with Gasteiger partial charge in [0.05, 0.1) is 0 Å². The molecule has 2 aliphatic rings. The van der Waals surface area contributed by atoms with Gasteiger partial charge in [0.25, 0.3) is 0 Å². The number of halogens is 1. The van der Waals surface area contributed by atoms with E-state index in [0.29, 0.717) is 5.92 Å². The molecule has 3 rings (SSSR count). The van der Waals surface area contributed by atoms with Gasteiger partial charge in [0.1, 0.15) is 17.2 Å². The quantitative estimate of drug-likeness (QED) is 0.772. The van der Waals surface area contributed by atoms with Crippen LogP contribution in [0.5, 0.6) is 5.75 Å². The zero-order valence-electron chi connectivity index (χ0n) is 11.7. The zero-order chi connectivity index (χ0) is 13.6. The Kier molecular flexibility index (Phi) is 3.05. The number of fused-ring (bicyclic) bond motifs is 1. The Bertz CT molecular complexity index is 490. The fourth-order valence-electron chi connectivity index (χ4n) is 3.77. The Morgan fingerprint density at radius 1 is 1.37 bits per heavy atom. The average molecular weight is 263 g/mol. The summed E-state index contributed by atoms with van der Waals surface area (Å²) in [5.41, 5.74) is 6.95. The number of nitrogens with two attached hydrogens (primary N) is 1. The minimum atomic E-state index is -0.237. The third-order valence-electron chi connectivity index (χ3n) is 4.96. The molecule has 0 radical (unpaired) electrons. The first-order chi connectivity index (χ1) is 9.00. The van der Waals surface area contributed by atoms with Crippen LogP contribution < -0.4 is 10.5 Å². The summed E-state index contributed by atoms with van der Waals surface area (Å²) in [5, 5.41) is 0. The molecule has 4 atom stereocenters. The van der Waals surface area contributed by atoms with Gasteiger partial charge in [-0.25, -0.2) is 4.39 Å². The summed E-state index contributed by atoms with van der Waals surface area (Å²) in [5.74, 6) is 1.80. The van der Waals surface area contributed by atoms with Gasteiger partial charge in [-0.2, -0.15) is 0 Å². The van der Waals surface area contributed by atoms with Gasteiger partial charge in [-0.3, -0.25) is 0 Å². The number of hydrogen-bond donors (Lipinski definition) is 1. The maximum atomic E-state index is 13.3. The summed E-state index contributed by atoms with van der Waals surface area (Å²) in [6, 6.07) is 4.59. The Labute approximate surface area is 114 Å². The fourth-order valence-corrected chi connectivity index (χ4v) is 3.77. The van der Waals surface area contributed by atoms with Crippen molar-refractivity contribution in [3.8, 4) is 5.75 Å². The Balaban J connectivity index is 1.94. The first-order valence-electron chi connectivity index (χ1n) is 7.24. The van der Waals surface area contributed by atoms with Gasteiger partial charge in [-0.05, 0) is 49.3 Å². The molecule has 2 N–H and O–H groups in total. The Hall–Kier alpha value is -1.09. The van der Waals surface area contributed by atoms with Crippen molar-refractivity contribution in [3.63, 3.8) is 0 Å². The average Bonchev–Trinajstić information content (AvgIpc) is 2.36. The SMILES string of the molecule is CC1CCC2(C[C@H](N)c3cc(F)ccc3O2)C(C)C1. The van der Waals surface area contributed by atoms with Crippen LogP contribution in [0.3, 0.4) is 0 Å². The summed E-state index contributed by atoms with van der Waals surface area (Å²) in [4.78, 5) is 0. The van der Waals surface area contributed by atoms with E-state index in [1.54, 1.807) is 6.07 Å². The van der Waals surface area contributed by atoms with Crippen molar-refractivity contribution < 1.29 is 9.13 Å². The summed E-state index contributed by atoms with van der Waals surface area (Å²) >= 11 is 0. The van der Waals surface area contributed by atoms with E-state index in [9.17, 15) is 4.39 Å². The van der Waals surface area contributed by atoms with Gasteiger partial charge in [0.2, 0.25) is 0 Å². The van der Waals surface area contributed by atoms with Crippen LogP contribution in [0.15, 0.2) is 18.2 Å². The molecule has 3 heteroatoms. The van der Waals surface area contributed by atoms with Crippen molar-refractivity contribution in [1.82, 2.24) is 0 Å². The topological polar surface area (TPSA) is 35.2 Å². The molecule has 0 bridgehead atoms. The van der Waals surface area contributed by atoms with Crippen molar-refractivity contribution in [3.05, 3.63) is 29.6 Å². The molecule has 1 aromatic carbocycles. The van der Waals surface area contributed by atoms with Gasteiger partial charge in [-0.1, -0.05) is 13.8 Å². The van der Waals surface area contributed by atoms with Gasteiger partial charge in [0.15, 0.2) is 0 Å². The standard InChI is InChI=1S/C16H22FNO/c1-10-5-6-16(11(2)7-10)9-14(18)13-8-12(17)3-4-15(13)19-16/h3-4,8,10-11,14H,5-7,9,18H2,1-2H3/t10?,11?,14-,16?/m0/s1. The molecule has 2 nitrogen and oxygen atoms in total. The Morgan fingerprint density at radius 3 is 2.89 bits per heavy atom. The maximum absolute atomic E-state index is 13.3. The van der Waals surface area contributed by atoms with Crippen LogP contribution in [0.4, 0.5) is 4.39 Å². The van der Waals surface area contributed by atoms with Crippen LogP contribution in [-0.4, -0.2) is 5.60 Å². The molecule has 1 aliphatic carbocycles. The van der Waals surface area contributed by atoms with Crippen molar-refractivity contribution in [2.24, 2.45) is 17.6 Å². The van der Waals surface area contributed by atoms with Gasteiger partial charge >= 0.3 is 0 Å². The van der Waals surface area contributed by atoms with Crippen molar-refractivity contribution in [2.45, 2.75) is 51.2 Å². The largest absolute Gasteiger partial charge is 0.487 e. The summed E-state index contributed by atoms with van der Waals surface area (Å²) in [6.07, 6.45) is 4.23. The number of rotatable bonds is 0. The smallest absolute Gasteiger partial charge is 0.125 e. The second-order valence-corrected chi connectivity index (χ2v) is 6.44. The molecule has 0 amide bonds. The Morgan fingerprint density at radius 2 is 2.16 bits per heavy atom.